The molecular weight excluding hydrogens is 687 g/mol. The molecule has 0 bridgehead atoms. The molecular formula is C36H31N2O2Pt-. The first-order chi connectivity index (χ1) is 19.3. The average molecular weight is 719 g/mol. The van der Waals surface area contributed by atoms with E-state index in [1.165, 1.54) is 5.56 Å². The van der Waals surface area contributed by atoms with Crippen molar-refractivity contribution in [3.63, 3.8) is 0 Å². The van der Waals surface area contributed by atoms with Crippen LogP contribution in [0.4, 0.5) is 0 Å². The first-order valence-electron chi connectivity index (χ1n) is 13.6. The molecule has 2 aromatic heterocycles. The molecule has 0 saturated carbocycles. The second-order valence-corrected chi connectivity index (χ2v) is 11.2. The molecule has 0 aliphatic heterocycles. The summed E-state index contributed by atoms with van der Waals surface area (Å²) in [6.07, 6.45) is 1.79. The summed E-state index contributed by atoms with van der Waals surface area (Å²) in [6.45, 7) is 8.44. The number of nitrogens with zero attached hydrogens (tertiary/aromatic N) is 2. The minimum atomic E-state index is -0.226. The second kappa shape index (κ2) is 11.5. The molecule has 1 N–H and O–H groups in total. The smallest absolute Gasteiger partial charge is 0.230 e. The van der Waals surface area contributed by atoms with Gasteiger partial charge in [-0.25, -0.2) is 4.98 Å². The molecule has 4 aromatic carbocycles. The summed E-state index contributed by atoms with van der Waals surface area (Å²) >= 11 is 0. The van der Waals surface area contributed by atoms with E-state index in [-0.39, 0.29) is 38.1 Å². The summed E-state index contributed by atoms with van der Waals surface area (Å²) in [5.74, 6) is 0.726. The van der Waals surface area contributed by atoms with E-state index in [1.807, 2.05) is 60.7 Å². The van der Waals surface area contributed by atoms with E-state index >= 15 is 0 Å². The molecule has 0 spiro atoms. The Kier molecular flexibility index (Phi) is 7.97. The van der Waals surface area contributed by atoms with Crippen LogP contribution in [0.15, 0.2) is 108 Å². The monoisotopic (exact) mass is 718 g/mol. The van der Waals surface area contributed by atoms with Crippen LogP contribution in [0.3, 0.4) is 0 Å². The van der Waals surface area contributed by atoms with Crippen molar-refractivity contribution < 1.29 is 30.6 Å². The Morgan fingerprint density at radius 1 is 0.780 bits per heavy atom. The van der Waals surface area contributed by atoms with Gasteiger partial charge in [0.05, 0.1) is 11.1 Å². The van der Waals surface area contributed by atoms with Crippen molar-refractivity contribution in [1.29, 1.82) is 0 Å². The Morgan fingerprint density at radius 2 is 1.51 bits per heavy atom. The van der Waals surface area contributed by atoms with Crippen LogP contribution in [-0.4, -0.2) is 15.1 Å². The van der Waals surface area contributed by atoms with Gasteiger partial charge in [-0.05, 0) is 34.7 Å². The quantitative estimate of drug-likeness (QED) is 0.181. The average Bonchev–Trinajstić information content (AvgIpc) is 3.41. The number of hydrogen-bond acceptors (Lipinski definition) is 4. The molecule has 6 aromatic rings. The molecule has 6 rings (SSSR count). The predicted molar refractivity (Wildman–Crippen MR) is 161 cm³/mol. The minimum absolute atomic E-state index is 0. The maximum absolute atomic E-state index is 11.2. The van der Waals surface area contributed by atoms with Crippen LogP contribution in [0, 0.1) is 6.07 Å². The van der Waals surface area contributed by atoms with Gasteiger partial charge in [-0.3, -0.25) is 4.98 Å². The van der Waals surface area contributed by atoms with E-state index in [4.69, 9.17) is 9.40 Å². The van der Waals surface area contributed by atoms with E-state index in [1.54, 1.807) is 6.20 Å². The summed E-state index contributed by atoms with van der Waals surface area (Å²) < 4.78 is 6.41. The van der Waals surface area contributed by atoms with Crippen molar-refractivity contribution in [1.82, 2.24) is 9.97 Å². The van der Waals surface area contributed by atoms with Crippen molar-refractivity contribution in [2.45, 2.75) is 39.0 Å². The van der Waals surface area contributed by atoms with Crippen LogP contribution in [0.1, 0.15) is 50.3 Å². The number of benzene rings is 4. The van der Waals surface area contributed by atoms with Crippen molar-refractivity contribution in [3.05, 3.63) is 126 Å². The number of phenols is 1. The van der Waals surface area contributed by atoms with Gasteiger partial charge in [0, 0.05) is 44.4 Å². The Balaban J connectivity index is 0.00000337. The van der Waals surface area contributed by atoms with Gasteiger partial charge in [-0.1, -0.05) is 99.5 Å². The van der Waals surface area contributed by atoms with Crippen LogP contribution in [0.2, 0.25) is 0 Å². The summed E-state index contributed by atoms with van der Waals surface area (Å²) in [4.78, 5) is 9.48. The first kappa shape index (κ1) is 28.5. The first-order valence-corrected chi connectivity index (χ1v) is 13.6. The standard InChI is InChI=1S/C36H31N2O2.Pt/c1-23(24-12-6-5-7-13-24)27-21-29(25-14-10-15-26(20-25)31-18-8-9-19-37-31)33-32(22-27)40-35(38-33)28-16-11-17-30(34(28)39)36(2,3)4;/h5-19,21-23,39H,1-4H3;/q-1;. The van der Waals surface area contributed by atoms with Gasteiger partial charge in [0.1, 0.15) is 11.3 Å². The van der Waals surface area contributed by atoms with Crippen molar-refractivity contribution in [3.8, 4) is 39.6 Å². The van der Waals surface area contributed by atoms with Gasteiger partial charge >= 0.3 is 0 Å². The Labute approximate surface area is 255 Å². The van der Waals surface area contributed by atoms with E-state index in [9.17, 15) is 5.11 Å². The van der Waals surface area contributed by atoms with Gasteiger partial charge in [0.25, 0.3) is 0 Å². The van der Waals surface area contributed by atoms with Gasteiger partial charge < -0.3 is 9.52 Å². The topological polar surface area (TPSA) is 59.2 Å². The van der Waals surface area contributed by atoms with Crippen molar-refractivity contribution in [2.24, 2.45) is 0 Å². The zero-order chi connectivity index (χ0) is 27.9. The molecule has 4 nitrogen and oxygen atoms in total. The zero-order valence-electron chi connectivity index (χ0n) is 23.5. The second-order valence-electron chi connectivity index (χ2n) is 11.2. The van der Waals surface area contributed by atoms with Crippen molar-refractivity contribution >= 4 is 11.1 Å². The maximum Gasteiger partial charge on any atom is 0.230 e. The van der Waals surface area contributed by atoms with Gasteiger partial charge in [0.15, 0.2) is 0 Å². The molecule has 2 heterocycles. The van der Waals surface area contributed by atoms with E-state index in [0.29, 0.717) is 17.0 Å². The molecule has 0 fully saturated rings. The minimum Gasteiger partial charge on any atom is -0.507 e. The van der Waals surface area contributed by atoms with Crippen LogP contribution < -0.4 is 0 Å². The molecule has 0 amide bonds. The van der Waals surface area contributed by atoms with Crippen LogP contribution in [0.5, 0.6) is 5.75 Å². The zero-order valence-corrected chi connectivity index (χ0v) is 25.7. The van der Waals surface area contributed by atoms with E-state index in [2.05, 4.69) is 75.1 Å². The Bertz CT molecular complexity index is 1810. The fourth-order valence-corrected chi connectivity index (χ4v) is 5.17. The number of aromatic nitrogens is 2. The largest absolute Gasteiger partial charge is 0.507 e. The molecule has 0 aliphatic rings. The molecule has 41 heavy (non-hydrogen) atoms. The van der Waals surface area contributed by atoms with Gasteiger partial charge in [-0.15, -0.1) is 29.8 Å². The Hall–Kier alpha value is -4.01. The molecule has 1 atom stereocenters. The fraction of sp³-hybridized carbons (Fsp3) is 0.167. The number of hydrogen-bond donors (Lipinski definition) is 1. The molecule has 0 radical (unpaired) electrons. The molecule has 1 unspecified atom stereocenters. The number of para-hydroxylation sites is 1. The van der Waals surface area contributed by atoms with Crippen LogP contribution >= 0.6 is 0 Å². The van der Waals surface area contributed by atoms with Crippen LogP contribution in [-0.2, 0) is 26.5 Å². The number of fused-ring (bicyclic) bond motifs is 1. The van der Waals surface area contributed by atoms with E-state index < -0.39 is 0 Å². The maximum atomic E-state index is 11.2. The number of phenolic OH excluding ortho intramolecular Hbond substituents is 1. The van der Waals surface area contributed by atoms with Gasteiger partial charge in [0.2, 0.25) is 5.89 Å². The third kappa shape index (κ3) is 5.62. The number of rotatable bonds is 5. The number of oxazole rings is 1. The molecule has 0 aliphatic carbocycles. The summed E-state index contributed by atoms with van der Waals surface area (Å²) in [5.41, 5.74) is 8.53. The summed E-state index contributed by atoms with van der Waals surface area (Å²) in [6, 6.07) is 36.0. The normalized spacial score (nSPS) is 12.2. The number of pyridine rings is 1. The Morgan fingerprint density at radius 3 is 2.24 bits per heavy atom. The molecule has 5 heteroatoms. The molecule has 208 valence electrons. The fourth-order valence-electron chi connectivity index (χ4n) is 5.17. The third-order valence-corrected chi connectivity index (χ3v) is 7.42. The summed E-state index contributed by atoms with van der Waals surface area (Å²) in [5, 5.41) is 11.2. The third-order valence-electron chi connectivity index (χ3n) is 7.42. The van der Waals surface area contributed by atoms with Crippen molar-refractivity contribution in [2.75, 3.05) is 0 Å². The summed E-state index contributed by atoms with van der Waals surface area (Å²) in [7, 11) is 0. The predicted octanol–water partition coefficient (Wildman–Crippen LogP) is 9.18. The van der Waals surface area contributed by atoms with E-state index in [0.717, 1.165) is 39.0 Å². The molecule has 0 saturated heterocycles. The van der Waals surface area contributed by atoms with Gasteiger partial charge in [-0.2, -0.15) is 0 Å². The SMILES string of the molecule is CC(c1ccccc1)c1cc(-c2[c-]c(-c3ccccn3)ccc2)c2nc(-c3cccc(C(C)(C)C)c3O)oc2c1.[Pt]. The number of aromatic hydroxyl groups is 1. The van der Waals surface area contributed by atoms with Crippen LogP contribution in [0.25, 0.3) is 44.9 Å².